The Kier molecular flexibility index (Phi) is 8.40. The number of alkyl halides is 1. The van der Waals surface area contributed by atoms with Gasteiger partial charge in [0.1, 0.15) is 47.4 Å². The number of aromatic nitrogens is 2. The number of carbonyl (C=O) groups excluding carboxylic acids is 1. The van der Waals surface area contributed by atoms with Crippen LogP contribution in [0.25, 0.3) is 32.1 Å². The molecule has 4 aliphatic heterocycles. The van der Waals surface area contributed by atoms with Crippen LogP contribution in [-0.2, 0) is 4.79 Å². The second kappa shape index (κ2) is 12.7. The van der Waals surface area contributed by atoms with Gasteiger partial charge in [-0.25, -0.2) is 13.2 Å². The number of fused-ring (bicyclic) bond motifs is 3. The molecule has 10 nitrogen and oxygen atoms in total. The van der Waals surface area contributed by atoms with E-state index in [9.17, 15) is 18.8 Å². The molecule has 4 fully saturated rings. The zero-order chi connectivity index (χ0) is 35.7. The summed E-state index contributed by atoms with van der Waals surface area (Å²) < 4.78 is 53.1. The van der Waals surface area contributed by atoms with Gasteiger partial charge in [-0.2, -0.15) is 20.5 Å². The summed E-state index contributed by atoms with van der Waals surface area (Å²) in [6.45, 7) is 3.39. The number of nitrogens with zero attached hydrogens (tertiary/aromatic N) is 7. The molecular formula is C36H34ClF3N8O2S. The Morgan fingerprint density at radius 3 is 2.75 bits per heavy atom. The fourth-order valence-electron chi connectivity index (χ4n) is 8.79. The first-order valence-electron chi connectivity index (χ1n) is 17.1. The molecule has 2 aromatic heterocycles. The molecule has 4 aliphatic rings. The summed E-state index contributed by atoms with van der Waals surface area (Å²) in [5.74, 6) is -1.17. The third kappa shape index (κ3) is 5.59. The Morgan fingerprint density at radius 2 is 1.96 bits per heavy atom. The van der Waals surface area contributed by atoms with Gasteiger partial charge < -0.3 is 20.3 Å². The van der Waals surface area contributed by atoms with Gasteiger partial charge in [-0.05, 0) is 49.9 Å². The van der Waals surface area contributed by atoms with Gasteiger partial charge >= 0.3 is 6.01 Å². The molecular weight excluding hydrogens is 701 g/mol. The Bertz CT molecular complexity index is 2180. The number of carbonyl (C=O) groups is 1. The van der Waals surface area contributed by atoms with Gasteiger partial charge in [0.05, 0.1) is 26.9 Å². The summed E-state index contributed by atoms with van der Waals surface area (Å²) in [4.78, 5) is 27.8. The van der Waals surface area contributed by atoms with E-state index in [1.54, 1.807) is 11.0 Å². The van der Waals surface area contributed by atoms with Crippen molar-refractivity contribution in [3.63, 3.8) is 0 Å². The summed E-state index contributed by atoms with van der Waals surface area (Å²) in [6.07, 6.45) is 3.50. The van der Waals surface area contributed by atoms with Crippen molar-refractivity contribution >= 4 is 60.7 Å². The van der Waals surface area contributed by atoms with E-state index >= 15 is 4.39 Å². The number of hydrogen-bond donors (Lipinski definition) is 1. The number of hydrogen-bond acceptors (Lipinski definition) is 10. The number of rotatable bonds is 6. The van der Waals surface area contributed by atoms with E-state index in [-0.39, 0.29) is 72.7 Å². The van der Waals surface area contributed by atoms with Crippen molar-refractivity contribution in [3.05, 3.63) is 40.4 Å². The third-order valence-corrected chi connectivity index (χ3v) is 12.4. The molecule has 8 rings (SSSR count). The van der Waals surface area contributed by atoms with Crippen molar-refractivity contribution in [2.45, 2.75) is 56.7 Å². The van der Waals surface area contributed by atoms with Crippen LogP contribution in [0.15, 0.2) is 18.2 Å². The summed E-state index contributed by atoms with van der Waals surface area (Å²) in [7, 11) is 0. The number of anilines is 2. The number of halogens is 4. The highest BCUT2D eigenvalue weighted by molar-refractivity contribution is 7.23. The topological polar surface area (TPSA) is 135 Å². The van der Waals surface area contributed by atoms with Gasteiger partial charge in [0.25, 0.3) is 0 Å². The van der Waals surface area contributed by atoms with E-state index in [4.69, 9.17) is 32.3 Å². The fraction of sp³-hybridized carbons (Fsp3) is 0.472. The molecule has 0 unspecified atom stereocenters. The Balaban J connectivity index is 1.25. The average Bonchev–Trinajstić information content (AvgIpc) is 3.66. The summed E-state index contributed by atoms with van der Waals surface area (Å²) >= 11 is 7.81. The first kappa shape index (κ1) is 33.8. The Morgan fingerprint density at radius 1 is 1.14 bits per heavy atom. The van der Waals surface area contributed by atoms with E-state index < -0.39 is 23.3 Å². The third-order valence-electron chi connectivity index (χ3n) is 11.1. The lowest BCUT2D eigenvalue weighted by Gasteiger charge is -2.51. The zero-order valence-corrected chi connectivity index (χ0v) is 29.2. The lowest BCUT2D eigenvalue weighted by Crippen LogP contribution is -2.62. The minimum Gasteiger partial charge on any atom is -0.461 e. The van der Waals surface area contributed by atoms with Gasteiger partial charge in [-0.3, -0.25) is 9.69 Å². The Hall–Kier alpha value is -4.37. The number of benzene rings is 2. The fourth-order valence-corrected chi connectivity index (χ4v) is 10.0. The van der Waals surface area contributed by atoms with Crippen LogP contribution < -0.4 is 15.4 Å². The molecule has 2 aromatic carbocycles. The van der Waals surface area contributed by atoms with Gasteiger partial charge in [-0.1, -0.05) is 24.1 Å². The van der Waals surface area contributed by atoms with Crippen LogP contribution in [-0.4, -0.2) is 83.3 Å². The molecule has 0 bridgehead atoms. The van der Waals surface area contributed by atoms with Gasteiger partial charge in [0.2, 0.25) is 5.91 Å². The smallest absolute Gasteiger partial charge is 0.319 e. The van der Waals surface area contributed by atoms with E-state index in [2.05, 4.69) is 14.8 Å². The van der Waals surface area contributed by atoms with Crippen molar-refractivity contribution in [1.29, 1.82) is 10.5 Å². The molecule has 15 heteroatoms. The van der Waals surface area contributed by atoms with Crippen LogP contribution in [0, 0.1) is 39.7 Å². The predicted molar refractivity (Wildman–Crippen MR) is 188 cm³/mol. The van der Waals surface area contributed by atoms with Crippen molar-refractivity contribution in [1.82, 2.24) is 19.8 Å². The zero-order valence-electron chi connectivity index (χ0n) is 27.7. The maximum atomic E-state index is 17.2. The van der Waals surface area contributed by atoms with E-state index in [1.165, 1.54) is 12.1 Å². The number of ether oxygens (including phenoxy) is 1. The van der Waals surface area contributed by atoms with Gasteiger partial charge in [0.15, 0.2) is 5.82 Å². The quantitative estimate of drug-likeness (QED) is 0.233. The highest BCUT2D eigenvalue weighted by atomic mass is 35.5. The summed E-state index contributed by atoms with van der Waals surface area (Å²) in [5, 5.41) is 19.6. The summed E-state index contributed by atoms with van der Waals surface area (Å²) in [5.41, 5.74) is 5.46. The molecule has 1 spiro atoms. The standard InChI is InChI=1S/C36H34ClF3N8O2S/c37-24-12-22-30(29(40)28(24)21-4-5-25(39)31-27(21)23(14-42)32(43)51-31)44-34(50-19-36-8-3-11-48(36)15-20(38)13-36)45-33(22)46-10-2-1-7-35(16-46)17-47(18-35)26(49)6-9-41/h4-5,12,20H,1-3,6-8,10-11,13,15-19,43H2/t20-,36+/m1/s1. The number of nitriles is 2. The monoisotopic (exact) mass is 734 g/mol. The maximum absolute atomic E-state index is 17.2. The molecule has 1 amide bonds. The van der Waals surface area contributed by atoms with E-state index in [0.29, 0.717) is 50.3 Å². The second-order valence-corrected chi connectivity index (χ2v) is 15.8. The van der Waals surface area contributed by atoms with Crippen LogP contribution >= 0.6 is 22.9 Å². The van der Waals surface area contributed by atoms with Gasteiger partial charge in [-0.15, -0.1) is 11.3 Å². The molecule has 4 saturated heterocycles. The molecule has 6 heterocycles. The average molecular weight is 735 g/mol. The molecule has 4 aromatic rings. The highest BCUT2D eigenvalue weighted by Gasteiger charge is 2.50. The predicted octanol–water partition coefficient (Wildman–Crippen LogP) is 6.58. The number of nitrogen functional groups attached to an aromatic ring is 1. The minimum absolute atomic E-state index is 0.0157. The molecule has 0 saturated carbocycles. The maximum Gasteiger partial charge on any atom is 0.319 e. The molecule has 2 N–H and O–H groups in total. The number of amides is 1. The van der Waals surface area contributed by atoms with Crippen LogP contribution in [0.2, 0.25) is 5.02 Å². The summed E-state index contributed by atoms with van der Waals surface area (Å²) in [6, 6.07) is 8.07. The highest BCUT2D eigenvalue weighted by Crippen LogP contribution is 2.47. The van der Waals surface area contributed by atoms with Crippen molar-refractivity contribution < 1.29 is 22.7 Å². The van der Waals surface area contributed by atoms with Crippen LogP contribution in [0.3, 0.4) is 0 Å². The number of likely N-dealkylation sites (tertiary alicyclic amines) is 1. The van der Waals surface area contributed by atoms with E-state index in [0.717, 1.165) is 50.0 Å². The first-order valence-corrected chi connectivity index (χ1v) is 18.3. The van der Waals surface area contributed by atoms with Crippen LogP contribution in [0.5, 0.6) is 6.01 Å². The normalized spacial score (nSPS) is 22.9. The lowest BCUT2D eigenvalue weighted by atomic mass is 9.75. The van der Waals surface area contributed by atoms with Crippen LogP contribution in [0.4, 0.5) is 24.0 Å². The van der Waals surface area contributed by atoms with Crippen molar-refractivity contribution in [2.75, 3.05) is 56.5 Å². The molecule has 0 radical (unpaired) electrons. The van der Waals surface area contributed by atoms with Gasteiger partial charge in [0, 0.05) is 60.9 Å². The number of thiophene rings is 1. The largest absolute Gasteiger partial charge is 0.461 e. The molecule has 264 valence electrons. The molecule has 0 aliphatic carbocycles. The molecule has 2 atom stereocenters. The SMILES string of the molecule is N#CCC(=O)N1CC2(CCCCN(c3nc(OC[C@@]45CCCN4C[C@H](F)C5)nc4c(F)c(-c5ccc(F)c6sc(N)c(C#N)c56)c(Cl)cc34)C2)C1. The number of nitrogens with two attached hydrogens (primary N) is 1. The second-order valence-electron chi connectivity index (χ2n) is 14.4. The van der Waals surface area contributed by atoms with E-state index in [1.807, 2.05) is 12.1 Å². The van der Waals surface area contributed by atoms with Crippen molar-refractivity contribution in [3.8, 4) is 29.3 Å². The van der Waals surface area contributed by atoms with Crippen molar-refractivity contribution in [2.24, 2.45) is 5.41 Å². The lowest BCUT2D eigenvalue weighted by molar-refractivity contribution is -0.142. The Labute approximate surface area is 301 Å². The first-order chi connectivity index (χ1) is 24.5. The minimum atomic E-state index is -0.962. The molecule has 51 heavy (non-hydrogen) atoms. The van der Waals surface area contributed by atoms with Crippen LogP contribution in [0.1, 0.15) is 50.5 Å².